The molecule has 0 aliphatic heterocycles. The smallest absolute Gasteiger partial charge is 0.248 e. The Hall–Kier alpha value is -1.14. The number of nitrogens with zero attached hydrogens (tertiary/aromatic N) is 2. The first-order valence-corrected chi connectivity index (χ1v) is 8.18. The summed E-state index contributed by atoms with van der Waals surface area (Å²) in [6.45, 7) is 7.66. The quantitative estimate of drug-likeness (QED) is 0.875. The predicted octanol–water partition coefficient (Wildman–Crippen LogP) is 3.09. The molecule has 7 heteroatoms. The molecule has 132 valence electrons. The Morgan fingerprint density at radius 3 is 2.48 bits per heavy atom. The molecule has 0 bridgehead atoms. The lowest BCUT2D eigenvalue weighted by molar-refractivity contribution is -0.125. The van der Waals surface area contributed by atoms with Gasteiger partial charge in [0.25, 0.3) is 0 Å². The molecule has 1 fully saturated rings. The highest BCUT2D eigenvalue weighted by Crippen LogP contribution is 2.31. The SMILES string of the molecule is CC(NC(=O)[C@@H](N)C(C)(C)C)c1nc(C2CCCCC2)no1.Cl. The van der Waals surface area contributed by atoms with Crippen molar-refractivity contribution in [2.75, 3.05) is 0 Å². The van der Waals surface area contributed by atoms with Crippen LogP contribution < -0.4 is 11.1 Å². The monoisotopic (exact) mass is 344 g/mol. The van der Waals surface area contributed by atoms with Gasteiger partial charge in [0.05, 0.1) is 6.04 Å². The standard InChI is InChI=1S/C16H28N4O2.ClH/c1-10(18-14(21)12(17)16(2,3)4)15-19-13(20-22-15)11-8-6-5-7-9-11;/h10-12H,5-9,17H2,1-4H3,(H,18,21);1H/t10?,12-;/m1./s1. The molecule has 3 N–H and O–H groups in total. The van der Waals surface area contributed by atoms with E-state index in [4.69, 9.17) is 10.3 Å². The first-order valence-electron chi connectivity index (χ1n) is 8.18. The van der Waals surface area contributed by atoms with Crippen LogP contribution in [-0.4, -0.2) is 22.1 Å². The van der Waals surface area contributed by atoms with Crippen LogP contribution in [0.3, 0.4) is 0 Å². The molecule has 1 unspecified atom stereocenters. The fourth-order valence-corrected chi connectivity index (χ4v) is 2.71. The van der Waals surface area contributed by atoms with E-state index in [0.29, 0.717) is 11.8 Å². The van der Waals surface area contributed by atoms with Gasteiger partial charge in [0.15, 0.2) is 5.82 Å². The van der Waals surface area contributed by atoms with Crippen LogP contribution in [0.5, 0.6) is 0 Å². The summed E-state index contributed by atoms with van der Waals surface area (Å²) >= 11 is 0. The van der Waals surface area contributed by atoms with Crippen molar-refractivity contribution in [3.8, 4) is 0 Å². The van der Waals surface area contributed by atoms with E-state index in [1.807, 2.05) is 27.7 Å². The number of aromatic nitrogens is 2. The highest BCUT2D eigenvalue weighted by Gasteiger charge is 2.30. The topological polar surface area (TPSA) is 94.0 Å². The largest absolute Gasteiger partial charge is 0.343 e. The third-order valence-corrected chi connectivity index (χ3v) is 4.37. The minimum absolute atomic E-state index is 0. The van der Waals surface area contributed by atoms with E-state index in [0.717, 1.165) is 18.7 Å². The summed E-state index contributed by atoms with van der Waals surface area (Å²) in [4.78, 5) is 16.6. The molecule has 1 aromatic rings. The number of nitrogens with two attached hydrogens (primary N) is 1. The zero-order valence-electron chi connectivity index (χ0n) is 14.5. The highest BCUT2D eigenvalue weighted by atomic mass is 35.5. The summed E-state index contributed by atoms with van der Waals surface area (Å²) in [6.07, 6.45) is 5.98. The van der Waals surface area contributed by atoms with Gasteiger partial charge in [-0.2, -0.15) is 4.98 Å². The van der Waals surface area contributed by atoms with E-state index in [1.165, 1.54) is 19.3 Å². The van der Waals surface area contributed by atoms with Crippen molar-refractivity contribution in [3.05, 3.63) is 11.7 Å². The number of carbonyl (C=O) groups excluding carboxylic acids is 1. The van der Waals surface area contributed by atoms with Gasteiger partial charge in [0.1, 0.15) is 6.04 Å². The Morgan fingerprint density at radius 2 is 1.91 bits per heavy atom. The zero-order valence-corrected chi connectivity index (χ0v) is 15.3. The minimum Gasteiger partial charge on any atom is -0.343 e. The number of carbonyl (C=O) groups is 1. The summed E-state index contributed by atoms with van der Waals surface area (Å²) in [5.74, 6) is 1.43. The van der Waals surface area contributed by atoms with Crippen molar-refractivity contribution in [2.45, 2.75) is 77.8 Å². The first kappa shape index (κ1) is 19.9. The van der Waals surface area contributed by atoms with Crippen LogP contribution in [0.15, 0.2) is 4.52 Å². The fourth-order valence-electron chi connectivity index (χ4n) is 2.71. The van der Waals surface area contributed by atoms with Crippen molar-refractivity contribution in [3.63, 3.8) is 0 Å². The molecule has 2 rings (SSSR count). The molecule has 1 saturated carbocycles. The van der Waals surface area contributed by atoms with Gasteiger partial charge < -0.3 is 15.6 Å². The summed E-state index contributed by atoms with van der Waals surface area (Å²) < 4.78 is 5.33. The number of rotatable bonds is 4. The molecule has 0 radical (unpaired) electrons. The number of hydrogen-bond donors (Lipinski definition) is 2. The lowest BCUT2D eigenvalue weighted by atomic mass is 9.87. The number of hydrogen-bond acceptors (Lipinski definition) is 5. The Kier molecular flexibility index (Phi) is 7.02. The lowest BCUT2D eigenvalue weighted by Gasteiger charge is -2.26. The lowest BCUT2D eigenvalue weighted by Crippen LogP contribution is -2.49. The van der Waals surface area contributed by atoms with Crippen molar-refractivity contribution in [2.24, 2.45) is 11.1 Å². The predicted molar refractivity (Wildman–Crippen MR) is 91.4 cm³/mol. The van der Waals surface area contributed by atoms with Gasteiger partial charge in [0.2, 0.25) is 11.8 Å². The van der Waals surface area contributed by atoms with E-state index in [1.54, 1.807) is 0 Å². The maximum Gasteiger partial charge on any atom is 0.248 e. The third kappa shape index (κ3) is 5.18. The van der Waals surface area contributed by atoms with Crippen molar-refractivity contribution in [1.29, 1.82) is 0 Å². The summed E-state index contributed by atoms with van der Waals surface area (Å²) in [5.41, 5.74) is 5.68. The Morgan fingerprint density at radius 1 is 1.30 bits per heavy atom. The molecule has 0 spiro atoms. The second kappa shape index (κ2) is 8.11. The van der Waals surface area contributed by atoms with Gasteiger partial charge in [-0.25, -0.2) is 0 Å². The molecule has 1 aliphatic carbocycles. The molecule has 1 heterocycles. The maximum absolute atomic E-state index is 12.2. The summed E-state index contributed by atoms with van der Waals surface area (Å²) in [7, 11) is 0. The van der Waals surface area contributed by atoms with Gasteiger partial charge in [-0.1, -0.05) is 45.2 Å². The molecule has 1 amide bonds. The molecular formula is C16H29ClN4O2. The van der Waals surface area contributed by atoms with E-state index < -0.39 is 6.04 Å². The van der Waals surface area contributed by atoms with Gasteiger partial charge >= 0.3 is 0 Å². The molecule has 2 atom stereocenters. The van der Waals surface area contributed by atoms with E-state index in [-0.39, 0.29) is 29.8 Å². The summed E-state index contributed by atoms with van der Waals surface area (Å²) in [5, 5.41) is 6.95. The Bertz CT molecular complexity index is 506. The van der Waals surface area contributed by atoms with Crippen LogP contribution in [0, 0.1) is 5.41 Å². The molecule has 0 aromatic carbocycles. The average molecular weight is 345 g/mol. The van der Waals surface area contributed by atoms with E-state index >= 15 is 0 Å². The van der Waals surface area contributed by atoms with Gasteiger partial charge in [-0.3, -0.25) is 4.79 Å². The molecular weight excluding hydrogens is 316 g/mol. The summed E-state index contributed by atoms with van der Waals surface area (Å²) in [6, 6.07) is -0.901. The average Bonchev–Trinajstić information content (AvgIpc) is 2.96. The highest BCUT2D eigenvalue weighted by molar-refractivity contribution is 5.85. The first-order chi connectivity index (χ1) is 10.3. The maximum atomic E-state index is 12.2. The van der Waals surface area contributed by atoms with Crippen LogP contribution in [0.1, 0.15) is 83.5 Å². The normalized spacial score (nSPS) is 18.8. The van der Waals surface area contributed by atoms with Crippen LogP contribution in [0.2, 0.25) is 0 Å². The van der Waals surface area contributed by atoms with Gasteiger partial charge in [-0.05, 0) is 25.2 Å². The zero-order chi connectivity index (χ0) is 16.3. The molecule has 1 aliphatic rings. The van der Waals surface area contributed by atoms with Crippen molar-refractivity contribution >= 4 is 18.3 Å². The third-order valence-electron chi connectivity index (χ3n) is 4.37. The van der Waals surface area contributed by atoms with Crippen LogP contribution >= 0.6 is 12.4 Å². The van der Waals surface area contributed by atoms with Gasteiger partial charge in [0, 0.05) is 5.92 Å². The molecule has 0 saturated heterocycles. The van der Waals surface area contributed by atoms with Crippen molar-refractivity contribution < 1.29 is 9.32 Å². The van der Waals surface area contributed by atoms with Crippen LogP contribution in [-0.2, 0) is 4.79 Å². The number of halogens is 1. The number of amides is 1. The van der Waals surface area contributed by atoms with Crippen LogP contribution in [0.4, 0.5) is 0 Å². The van der Waals surface area contributed by atoms with Crippen molar-refractivity contribution in [1.82, 2.24) is 15.5 Å². The second-order valence-corrected chi connectivity index (χ2v) is 7.40. The second-order valence-electron chi connectivity index (χ2n) is 7.40. The molecule has 6 nitrogen and oxygen atoms in total. The van der Waals surface area contributed by atoms with Gasteiger partial charge in [-0.15, -0.1) is 12.4 Å². The van der Waals surface area contributed by atoms with E-state index in [9.17, 15) is 4.79 Å². The Labute approximate surface area is 144 Å². The Balaban J connectivity index is 0.00000264. The molecule has 23 heavy (non-hydrogen) atoms. The van der Waals surface area contributed by atoms with Crippen LogP contribution in [0.25, 0.3) is 0 Å². The minimum atomic E-state index is -0.573. The number of nitrogens with one attached hydrogen (secondary N) is 1. The van der Waals surface area contributed by atoms with E-state index in [2.05, 4.69) is 15.5 Å². The fraction of sp³-hybridized carbons (Fsp3) is 0.812. The molecule has 1 aromatic heterocycles.